The zero-order valence-electron chi connectivity index (χ0n) is 17.3. The van der Waals surface area contributed by atoms with Crippen LogP contribution in [-0.4, -0.2) is 38.9 Å². The van der Waals surface area contributed by atoms with E-state index in [1.54, 1.807) is 12.3 Å². The normalized spacial score (nSPS) is 18.1. The highest BCUT2D eigenvalue weighted by Gasteiger charge is 2.42. The van der Waals surface area contributed by atoms with Gasteiger partial charge in [-0.2, -0.15) is 0 Å². The van der Waals surface area contributed by atoms with Crippen molar-refractivity contribution >= 4 is 5.71 Å². The third kappa shape index (κ3) is 3.76. The van der Waals surface area contributed by atoms with Crippen LogP contribution in [0, 0.1) is 11.6 Å². The fraction of sp³-hybridized carbons (Fsp3) is 0.292. The van der Waals surface area contributed by atoms with E-state index in [-0.39, 0.29) is 16.9 Å². The summed E-state index contributed by atoms with van der Waals surface area (Å²) in [5, 5.41) is 12.7. The van der Waals surface area contributed by atoms with Crippen molar-refractivity contribution in [3.05, 3.63) is 94.6 Å². The molecule has 2 aromatic heterocycles. The van der Waals surface area contributed by atoms with Crippen LogP contribution in [0.25, 0.3) is 0 Å². The Bertz CT molecular complexity index is 1160. The molecule has 2 aliphatic rings. The van der Waals surface area contributed by atoms with Gasteiger partial charge in [0.05, 0.1) is 17.9 Å². The summed E-state index contributed by atoms with van der Waals surface area (Å²) < 4.78 is 33.0. The summed E-state index contributed by atoms with van der Waals surface area (Å²) in [5.74, 6) is -1.95. The van der Waals surface area contributed by atoms with Gasteiger partial charge in [0.2, 0.25) is 0 Å². The fourth-order valence-corrected chi connectivity index (χ4v) is 4.55. The summed E-state index contributed by atoms with van der Waals surface area (Å²) >= 11 is 0. The summed E-state index contributed by atoms with van der Waals surface area (Å²) in [6.45, 7) is 3.10. The third-order valence-electron chi connectivity index (χ3n) is 6.35. The van der Waals surface area contributed by atoms with Gasteiger partial charge >= 0.3 is 0 Å². The Labute approximate surface area is 184 Å². The second-order valence-corrected chi connectivity index (χ2v) is 8.21. The van der Waals surface area contributed by atoms with Crippen LogP contribution in [-0.2, 0) is 23.5 Å². The number of pyridine rings is 2. The first-order chi connectivity index (χ1) is 15.6. The van der Waals surface area contributed by atoms with Crippen LogP contribution in [0.4, 0.5) is 8.78 Å². The smallest absolute Gasteiger partial charge is 0.159 e. The largest absolute Gasteiger partial charge is 0.410 e. The van der Waals surface area contributed by atoms with Gasteiger partial charge in [0.25, 0.3) is 0 Å². The quantitative estimate of drug-likeness (QED) is 0.380. The lowest BCUT2D eigenvalue weighted by Gasteiger charge is -2.39. The summed E-state index contributed by atoms with van der Waals surface area (Å²) in [7, 11) is 0. The van der Waals surface area contributed by atoms with E-state index in [1.807, 2.05) is 24.5 Å². The number of likely N-dealkylation sites (tertiary alicyclic amines) is 1. The van der Waals surface area contributed by atoms with Crippen LogP contribution in [0.5, 0.6) is 0 Å². The topological polar surface area (TPSA) is 70.8 Å². The molecule has 0 bridgehead atoms. The van der Waals surface area contributed by atoms with Crippen molar-refractivity contribution in [2.24, 2.45) is 5.16 Å². The zero-order valence-corrected chi connectivity index (χ0v) is 17.3. The number of ether oxygens (including phenoxy) is 1. The van der Waals surface area contributed by atoms with E-state index in [0.717, 1.165) is 43.8 Å². The van der Waals surface area contributed by atoms with Crippen LogP contribution in [0.1, 0.15) is 40.8 Å². The number of rotatable bonds is 4. The summed E-state index contributed by atoms with van der Waals surface area (Å²) in [4.78, 5) is 11.1. The highest BCUT2D eigenvalue weighted by atomic mass is 19.2. The summed E-state index contributed by atoms with van der Waals surface area (Å²) in [6, 6.07) is 9.03. The number of oxime groups is 1. The molecule has 4 heterocycles. The first-order valence-electron chi connectivity index (χ1n) is 10.5. The Morgan fingerprint density at radius 3 is 2.59 bits per heavy atom. The maximum absolute atomic E-state index is 13.6. The van der Waals surface area contributed by atoms with E-state index in [9.17, 15) is 14.0 Å². The molecule has 5 rings (SSSR count). The first-order valence-corrected chi connectivity index (χ1v) is 10.5. The molecule has 8 heteroatoms. The first kappa shape index (κ1) is 20.7. The Balaban J connectivity index is 1.24. The number of hydrogen-bond acceptors (Lipinski definition) is 6. The van der Waals surface area contributed by atoms with Gasteiger partial charge in [-0.15, -0.1) is 0 Å². The van der Waals surface area contributed by atoms with Crippen molar-refractivity contribution < 1.29 is 18.7 Å². The molecule has 6 nitrogen and oxygen atoms in total. The maximum atomic E-state index is 13.6. The molecule has 0 unspecified atom stereocenters. The van der Waals surface area contributed by atoms with Gasteiger partial charge in [-0.25, -0.2) is 8.78 Å². The minimum atomic E-state index is -0.999. The van der Waals surface area contributed by atoms with E-state index in [0.29, 0.717) is 18.7 Å². The number of hydrogen-bond donors (Lipinski definition) is 1. The van der Waals surface area contributed by atoms with Crippen molar-refractivity contribution in [3.8, 4) is 0 Å². The number of piperidine rings is 1. The van der Waals surface area contributed by atoms with E-state index in [4.69, 9.17) is 4.74 Å². The lowest BCUT2D eigenvalue weighted by Crippen LogP contribution is -2.42. The van der Waals surface area contributed by atoms with Gasteiger partial charge in [0, 0.05) is 54.9 Å². The van der Waals surface area contributed by atoms with E-state index >= 15 is 0 Å². The molecule has 1 N–H and O–H groups in total. The van der Waals surface area contributed by atoms with Crippen molar-refractivity contribution in [1.82, 2.24) is 14.9 Å². The fourth-order valence-electron chi connectivity index (χ4n) is 4.55. The molecule has 3 aromatic rings. The van der Waals surface area contributed by atoms with Gasteiger partial charge in [-0.3, -0.25) is 14.9 Å². The average Bonchev–Trinajstić information content (AvgIpc) is 3.18. The van der Waals surface area contributed by atoms with Crippen molar-refractivity contribution in [2.45, 2.75) is 31.6 Å². The number of fused-ring (bicyclic) bond motifs is 2. The van der Waals surface area contributed by atoms with Crippen molar-refractivity contribution in [1.29, 1.82) is 0 Å². The lowest BCUT2D eigenvalue weighted by atomic mass is 9.85. The molecule has 1 saturated heterocycles. The molecule has 0 saturated carbocycles. The highest BCUT2D eigenvalue weighted by Crippen LogP contribution is 2.43. The molecular weight excluding hydrogens is 414 g/mol. The Kier molecular flexibility index (Phi) is 5.40. The average molecular weight is 436 g/mol. The predicted octanol–water partition coefficient (Wildman–Crippen LogP) is 4.00. The molecule has 1 fully saturated rings. The summed E-state index contributed by atoms with van der Waals surface area (Å²) in [6.07, 6.45) is 7.14. The predicted molar refractivity (Wildman–Crippen MR) is 113 cm³/mol. The lowest BCUT2D eigenvalue weighted by molar-refractivity contribution is -0.0801. The molecule has 1 spiro atoms. The van der Waals surface area contributed by atoms with Gasteiger partial charge < -0.3 is 9.94 Å². The van der Waals surface area contributed by atoms with Crippen LogP contribution >= 0.6 is 0 Å². The van der Waals surface area contributed by atoms with Crippen molar-refractivity contribution in [3.63, 3.8) is 0 Å². The number of nitrogens with zero attached hydrogens (tertiary/aromatic N) is 4. The van der Waals surface area contributed by atoms with Crippen molar-refractivity contribution in [2.75, 3.05) is 13.1 Å². The Morgan fingerprint density at radius 2 is 1.88 bits per heavy atom. The molecule has 32 heavy (non-hydrogen) atoms. The van der Waals surface area contributed by atoms with Crippen LogP contribution in [0.15, 0.2) is 60.1 Å². The third-order valence-corrected chi connectivity index (χ3v) is 6.35. The van der Waals surface area contributed by atoms with Crippen LogP contribution in [0.2, 0.25) is 0 Å². The standard InChI is InChI=1S/C24H22F2N4O2/c25-21-4-2-16(11-22(21)26)23(29-31)17-1-3-19(28-12-17)14-30-9-6-24(7-10-30)20-13-27-8-5-18(20)15-32-24/h1-5,8,11-13,31H,6-7,9-10,14-15H2/b29-23+. The number of halogens is 2. The monoisotopic (exact) mass is 436 g/mol. The van der Waals surface area contributed by atoms with E-state index in [1.165, 1.54) is 17.2 Å². The van der Waals surface area contributed by atoms with Crippen LogP contribution in [0.3, 0.4) is 0 Å². The molecular formula is C24H22F2N4O2. The number of aromatic nitrogens is 2. The zero-order chi connectivity index (χ0) is 22.1. The number of benzene rings is 1. The molecule has 0 aliphatic carbocycles. The molecule has 0 amide bonds. The Morgan fingerprint density at radius 1 is 1.06 bits per heavy atom. The molecule has 0 atom stereocenters. The highest BCUT2D eigenvalue weighted by molar-refractivity contribution is 6.12. The van der Waals surface area contributed by atoms with Crippen LogP contribution < -0.4 is 0 Å². The van der Waals surface area contributed by atoms with Gasteiger partial charge in [-0.05, 0) is 54.8 Å². The minimum absolute atomic E-state index is 0.133. The maximum Gasteiger partial charge on any atom is 0.159 e. The van der Waals surface area contributed by atoms with Gasteiger partial charge in [-0.1, -0.05) is 5.16 Å². The summed E-state index contributed by atoms with van der Waals surface area (Å²) in [5.41, 5.74) is 4.02. The van der Waals surface area contributed by atoms with Gasteiger partial charge in [0.15, 0.2) is 11.6 Å². The van der Waals surface area contributed by atoms with Gasteiger partial charge in [0.1, 0.15) is 5.71 Å². The van der Waals surface area contributed by atoms with E-state index in [2.05, 4.69) is 20.0 Å². The Hall–Kier alpha value is -3.23. The second-order valence-electron chi connectivity index (χ2n) is 8.21. The molecule has 1 aromatic carbocycles. The molecule has 164 valence electrons. The SMILES string of the molecule is O/N=C(/c1ccc(CN2CCC3(CC2)OCc2ccncc23)nc1)c1ccc(F)c(F)c1. The molecule has 0 radical (unpaired) electrons. The molecule has 2 aliphatic heterocycles. The van der Waals surface area contributed by atoms with E-state index < -0.39 is 11.6 Å². The minimum Gasteiger partial charge on any atom is -0.410 e. The second kappa shape index (κ2) is 8.37.